The molecule has 1 aliphatic heterocycles. The SMILES string of the molecule is CC1CCCCN1CCCCNC(=O)c1ccc(Oc2ccc(C(N)=O)cc2)cc1. The van der Waals surface area contributed by atoms with Gasteiger partial charge < -0.3 is 20.7 Å². The third kappa shape index (κ3) is 6.32. The van der Waals surface area contributed by atoms with E-state index in [2.05, 4.69) is 17.1 Å². The third-order valence-electron chi connectivity index (χ3n) is 5.59. The van der Waals surface area contributed by atoms with Gasteiger partial charge in [0.15, 0.2) is 0 Å². The van der Waals surface area contributed by atoms with Crippen molar-refractivity contribution in [3.8, 4) is 11.5 Å². The van der Waals surface area contributed by atoms with Crippen LogP contribution in [0, 0.1) is 0 Å². The van der Waals surface area contributed by atoms with E-state index in [9.17, 15) is 9.59 Å². The van der Waals surface area contributed by atoms with Crippen molar-refractivity contribution in [2.45, 2.75) is 45.1 Å². The van der Waals surface area contributed by atoms with Gasteiger partial charge in [0.2, 0.25) is 5.91 Å². The highest BCUT2D eigenvalue weighted by Gasteiger charge is 2.17. The summed E-state index contributed by atoms with van der Waals surface area (Å²) in [6, 6.07) is 14.3. The number of carbonyl (C=O) groups excluding carboxylic acids is 2. The summed E-state index contributed by atoms with van der Waals surface area (Å²) in [6.07, 6.45) is 6.04. The van der Waals surface area contributed by atoms with Crippen molar-refractivity contribution in [1.29, 1.82) is 0 Å². The van der Waals surface area contributed by atoms with Crippen molar-refractivity contribution in [3.63, 3.8) is 0 Å². The average Bonchev–Trinajstić information content (AvgIpc) is 2.75. The molecule has 0 bridgehead atoms. The Morgan fingerprint density at radius 3 is 2.23 bits per heavy atom. The number of hydrogen-bond donors (Lipinski definition) is 2. The van der Waals surface area contributed by atoms with Gasteiger partial charge in [0, 0.05) is 23.7 Å². The zero-order valence-corrected chi connectivity index (χ0v) is 17.6. The molecule has 0 saturated carbocycles. The van der Waals surface area contributed by atoms with E-state index in [-0.39, 0.29) is 5.91 Å². The second-order valence-electron chi connectivity index (χ2n) is 7.86. The summed E-state index contributed by atoms with van der Waals surface area (Å²) < 4.78 is 5.74. The fourth-order valence-corrected chi connectivity index (χ4v) is 3.73. The number of nitrogens with two attached hydrogens (primary N) is 1. The van der Waals surface area contributed by atoms with Crippen LogP contribution in [-0.4, -0.2) is 42.4 Å². The van der Waals surface area contributed by atoms with Crippen molar-refractivity contribution >= 4 is 11.8 Å². The summed E-state index contributed by atoms with van der Waals surface area (Å²) in [5.74, 6) is 0.672. The standard InChI is InChI=1S/C24H31N3O3/c1-18-6-2-4-16-27(18)17-5-3-15-26-24(29)20-9-13-22(14-10-20)30-21-11-7-19(8-12-21)23(25)28/h7-14,18H,2-6,15-17H2,1H3,(H2,25,28)(H,26,29). The Balaban J connectivity index is 1.39. The Morgan fingerprint density at radius 2 is 1.63 bits per heavy atom. The topological polar surface area (TPSA) is 84.7 Å². The summed E-state index contributed by atoms with van der Waals surface area (Å²) in [5, 5.41) is 2.99. The molecular formula is C24H31N3O3. The molecule has 160 valence electrons. The molecule has 30 heavy (non-hydrogen) atoms. The van der Waals surface area contributed by atoms with E-state index < -0.39 is 5.91 Å². The number of nitrogens with one attached hydrogen (secondary N) is 1. The first kappa shape index (κ1) is 21.8. The maximum absolute atomic E-state index is 12.3. The smallest absolute Gasteiger partial charge is 0.251 e. The van der Waals surface area contributed by atoms with Gasteiger partial charge in [0.1, 0.15) is 11.5 Å². The summed E-state index contributed by atoms with van der Waals surface area (Å²) in [5.41, 5.74) is 6.27. The number of ether oxygens (including phenoxy) is 1. The molecule has 3 rings (SSSR count). The van der Waals surface area contributed by atoms with Gasteiger partial charge in [-0.15, -0.1) is 0 Å². The van der Waals surface area contributed by atoms with Gasteiger partial charge >= 0.3 is 0 Å². The van der Waals surface area contributed by atoms with Crippen LogP contribution < -0.4 is 15.8 Å². The van der Waals surface area contributed by atoms with Gasteiger partial charge in [0.05, 0.1) is 0 Å². The predicted molar refractivity (Wildman–Crippen MR) is 118 cm³/mol. The van der Waals surface area contributed by atoms with Crippen LogP contribution in [-0.2, 0) is 0 Å². The maximum atomic E-state index is 12.3. The number of likely N-dealkylation sites (tertiary alicyclic amines) is 1. The molecule has 1 unspecified atom stereocenters. The van der Waals surface area contributed by atoms with Crippen LogP contribution in [0.1, 0.15) is 59.7 Å². The summed E-state index contributed by atoms with van der Waals surface area (Å²) >= 11 is 0. The number of unbranched alkanes of at least 4 members (excludes halogenated alkanes) is 1. The number of amides is 2. The lowest BCUT2D eigenvalue weighted by molar-refractivity contribution is 0.0950. The van der Waals surface area contributed by atoms with Crippen LogP contribution in [0.2, 0.25) is 0 Å². The van der Waals surface area contributed by atoms with Crippen LogP contribution in [0.4, 0.5) is 0 Å². The fraction of sp³-hybridized carbons (Fsp3) is 0.417. The van der Waals surface area contributed by atoms with Crippen LogP contribution in [0.5, 0.6) is 11.5 Å². The van der Waals surface area contributed by atoms with Crippen LogP contribution in [0.3, 0.4) is 0 Å². The Morgan fingerprint density at radius 1 is 1.00 bits per heavy atom. The van der Waals surface area contributed by atoms with Gasteiger partial charge in [-0.05, 0) is 94.2 Å². The maximum Gasteiger partial charge on any atom is 0.251 e. The molecule has 1 saturated heterocycles. The number of hydrogen-bond acceptors (Lipinski definition) is 4. The Hall–Kier alpha value is -2.86. The Labute approximate surface area is 178 Å². The van der Waals surface area contributed by atoms with Crippen LogP contribution >= 0.6 is 0 Å². The largest absolute Gasteiger partial charge is 0.457 e. The quantitative estimate of drug-likeness (QED) is 0.614. The van der Waals surface area contributed by atoms with E-state index >= 15 is 0 Å². The Bertz CT molecular complexity index is 834. The van der Waals surface area contributed by atoms with Crippen molar-refractivity contribution in [1.82, 2.24) is 10.2 Å². The number of primary amides is 1. The highest BCUT2D eigenvalue weighted by molar-refractivity contribution is 5.94. The molecule has 3 N–H and O–H groups in total. The molecule has 0 spiro atoms. The molecule has 6 nitrogen and oxygen atoms in total. The van der Waals surface area contributed by atoms with Gasteiger partial charge in [-0.2, -0.15) is 0 Å². The number of carbonyl (C=O) groups is 2. The molecule has 2 aromatic rings. The number of nitrogens with zero attached hydrogens (tertiary/aromatic N) is 1. The number of rotatable bonds is 9. The summed E-state index contributed by atoms with van der Waals surface area (Å²) in [7, 11) is 0. The lowest BCUT2D eigenvalue weighted by Crippen LogP contribution is -2.38. The van der Waals surface area contributed by atoms with E-state index in [1.807, 2.05) is 0 Å². The monoisotopic (exact) mass is 409 g/mol. The minimum absolute atomic E-state index is 0.0706. The molecule has 2 amide bonds. The Kier molecular flexibility index (Phi) is 7.85. The van der Waals surface area contributed by atoms with Gasteiger partial charge in [-0.1, -0.05) is 6.42 Å². The predicted octanol–water partition coefficient (Wildman–Crippen LogP) is 3.96. The highest BCUT2D eigenvalue weighted by Crippen LogP contribution is 2.22. The van der Waals surface area contributed by atoms with Gasteiger partial charge in [-0.3, -0.25) is 9.59 Å². The molecule has 1 heterocycles. The first-order chi connectivity index (χ1) is 14.5. The third-order valence-corrected chi connectivity index (χ3v) is 5.59. The van der Waals surface area contributed by atoms with E-state index in [0.29, 0.717) is 35.2 Å². The van der Waals surface area contributed by atoms with E-state index in [0.717, 1.165) is 19.4 Å². The fourth-order valence-electron chi connectivity index (χ4n) is 3.73. The second-order valence-corrected chi connectivity index (χ2v) is 7.86. The van der Waals surface area contributed by atoms with Gasteiger partial charge in [0.25, 0.3) is 5.91 Å². The molecule has 1 aliphatic rings. The second kappa shape index (κ2) is 10.8. The normalized spacial score (nSPS) is 16.8. The number of benzene rings is 2. The molecule has 0 radical (unpaired) electrons. The lowest BCUT2D eigenvalue weighted by atomic mass is 10.0. The highest BCUT2D eigenvalue weighted by atomic mass is 16.5. The van der Waals surface area contributed by atoms with Gasteiger partial charge in [-0.25, -0.2) is 0 Å². The molecule has 0 aliphatic carbocycles. The van der Waals surface area contributed by atoms with Crippen molar-refractivity contribution < 1.29 is 14.3 Å². The van der Waals surface area contributed by atoms with E-state index in [1.54, 1.807) is 48.5 Å². The molecular weight excluding hydrogens is 378 g/mol. The van der Waals surface area contributed by atoms with Crippen LogP contribution in [0.15, 0.2) is 48.5 Å². The summed E-state index contributed by atoms with van der Waals surface area (Å²) in [6.45, 7) is 5.32. The molecule has 1 atom stereocenters. The molecule has 2 aromatic carbocycles. The number of piperidine rings is 1. The average molecular weight is 410 g/mol. The summed E-state index contributed by atoms with van der Waals surface area (Å²) in [4.78, 5) is 26.0. The first-order valence-electron chi connectivity index (χ1n) is 10.7. The molecule has 1 fully saturated rings. The first-order valence-corrected chi connectivity index (χ1v) is 10.7. The van der Waals surface area contributed by atoms with Crippen molar-refractivity contribution in [2.24, 2.45) is 5.73 Å². The van der Waals surface area contributed by atoms with E-state index in [1.165, 1.54) is 25.8 Å². The van der Waals surface area contributed by atoms with Crippen LogP contribution in [0.25, 0.3) is 0 Å². The van der Waals surface area contributed by atoms with E-state index in [4.69, 9.17) is 10.5 Å². The zero-order chi connectivity index (χ0) is 21.3. The lowest BCUT2D eigenvalue weighted by Gasteiger charge is -2.33. The minimum Gasteiger partial charge on any atom is -0.457 e. The van der Waals surface area contributed by atoms with Crippen molar-refractivity contribution in [2.75, 3.05) is 19.6 Å². The minimum atomic E-state index is -0.474. The molecule has 0 aromatic heterocycles. The molecule has 6 heteroatoms. The van der Waals surface area contributed by atoms with Crippen molar-refractivity contribution in [3.05, 3.63) is 59.7 Å². The zero-order valence-electron chi connectivity index (χ0n) is 17.6.